The second-order valence-corrected chi connectivity index (χ2v) is 6.68. The first kappa shape index (κ1) is 19.3. The number of carbonyl (C=O) groups is 2. The van der Waals surface area contributed by atoms with Gasteiger partial charge in [0.2, 0.25) is 5.91 Å². The van der Waals surface area contributed by atoms with Crippen molar-refractivity contribution in [3.05, 3.63) is 57.5 Å². The van der Waals surface area contributed by atoms with Gasteiger partial charge >= 0.3 is 0 Å². The number of benzene rings is 1. The van der Waals surface area contributed by atoms with E-state index in [0.717, 1.165) is 11.3 Å². The number of nitriles is 1. The van der Waals surface area contributed by atoms with Crippen molar-refractivity contribution in [1.82, 2.24) is 14.6 Å². The van der Waals surface area contributed by atoms with Crippen LogP contribution in [0.1, 0.15) is 39.3 Å². The minimum Gasteiger partial charge on any atom is -0.365 e. The van der Waals surface area contributed by atoms with Gasteiger partial charge in [0.15, 0.2) is 5.65 Å². The van der Waals surface area contributed by atoms with Gasteiger partial charge in [-0.3, -0.25) is 9.59 Å². The smallest absolute Gasteiger partial charge is 0.254 e. The lowest BCUT2D eigenvalue weighted by Crippen LogP contribution is -2.15. The first-order valence-electron chi connectivity index (χ1n) is 8.45. The summed E-state index contributed by atoms with van der Waals surface area (Å²) in [5, 5.41) is 16.3. The summed E-state index contributed by atoms with van der Waals surface area (Å²) in [6, 6.07) is 6.71. The summed E-state index contributed by atoms with van der Waals surface area (Å²) in [4.78, 5) is 28.2. The zero-order chi connectivity index (χ0) is 20.4. The molecule has 0 radical (unpaired) electrons. The lowest BCUT2D eigenvalue weighted by molar-refractivity contribution is -0.116. The largest absolute Gasteiger partial charge is 0.365 e. The Labute approximate surface area is 165 Å². The fourth-order valence-electron chi connectivity index (χ4n) is 3.00. The topological polar surface area (TPSA) is 126 Å². The Bertz CT molecular complexity index is 1150. The normalized spacial score (nSPS) is 10.6. The number of primary amides is 1. The molecule has 3 N–H and O–H groups in total. The highest BCUT2D eigenvalue weighted by Crippen LogP contribution is 2.21. The van der Waals surface area contributed by atoms with E-state index in [1.54, 1.807) is 16.6 Å². The number of nitrogens with zero attached hydrogens (tertiary/aromatic N) is 4. The number of rotatable bonds is 5. The predicted molar refractivity (Wildman–Crippen MR) is 104 cm³/mol. The van der Waals surface area contributed by atoms with E-state index >= 15 is 0 Å². The van der Waals surface area contributed by atoms with Crippen molar-refractivity contribution in [1.29, 1.82) is 5.26 Å². The Morgan fingerprint density at radius 2 is 2.11 bits per heavy atom. The molecule has 0 saturated heterocycles. The number of amides is 2. The monoisotopic (exact) mass is 396 g/mol. The van der Waals surface area contributed by atoms with E-state index in [-0.39, 0.29) is 17.9 Å². The van der Waals surface area contributed by atoms with Crippen molar-refractivity contribution in [2.45, 2.75) is 26.7 Å². The van der Waals surface area contributed by atoms with Crippen LogP contribution in [0, 0.1) is 25.2 Å². The molecule has 0 atom stereocenters. The van der Waals surface area contributed by atoms with Crippen LogP contribution in [0.5, 0.6) is 0 Å². The van der Waals surface area contributed by atoms with Crippen LogP contribution in [0.25, 0.3) is 5.65 Å². The number of nitrogens with two attached hydrogens (primary N) is 1. The van der Waals surface area contributed by atoms with E-state index in [4.69, 9.17) is 22.6 Å². The van der Waals surface area contributed by atoms with Crippen molar-refractivity contribution in [3.8, 4) is 6.07 Å². The van der Waals surface area contributed by atoms with Crippen LogP contribution < -0.4 is 11.1 Å². The van der Waals surface area contributed by atoms with Crippen LogP contribution in [-0.4, -0.2) is 26.4 Å². The number of anilines is 1. The molecule has 2 heterocycles. The molecule has 28 heavy (non-hydrogen) atoms. The number of fused-ring (bicyclic) bond motifs is 1. The lowest BCUT2D eigenvalue weighted by atomic mass is 10.1. The molecule has 3 rings (SSSR count). The van der Waals surface area contributed by atoms with Crippen LogP contribution in [0.15, 0.2) is 24.4 Å². The number of halogens is 1. The third kappa shape index (κ3) is 3.66. The van der Waals surface area contributed by atoms with Crippen LogP contribution in [0.2, 0.25) is 5.02 Å². The molecule has 1 aromatic carbocycles. The molecule has 0 aliphatic heterocycles. The van der Waals surface area contributed by atoms with Gasteiger partial charge in [0.05, 0.1) is 16.8 Å². The summed E-state index contributed by atoms with van der Waals surface area (Å²) in [5.74, 6) is -0.795. The van der Waals surface area contributed by atoms with Gasteiger partial charge in [-0.15, -0.1) is 0 Å². The molecule has 142 valence electrons. The zero-order valence-corrected chi connectivity index (χ0v) is 16.0. The third-order valence-corrected chi connectivity index (χ3v) is 4.78. The number of hydrogen-bond acceptors (Lipinski definition) is 5. The fourth-order valence-corrected chi connectivity index (χ4v) is 3.16. The summed E-state index contributed by atoms with van der Waals surface area (Å²) >= 11 is 5.90. The average Bonchev–Trinajstić information content (AvgIpc) is 3.07. The van der Waals surface area contributed by atoms with Gasteiger partial charge in [0.25, 0.3) is 5.91 Å². The molecular weight excluding hydrogens is 380 g/mol. The highest BCUT2D eigenvalue weighted by Gasteiger charge is 2.17. The number of aromatic nitrogens is 3. The molecule has 0 spiro atoms. The Kier molecular flexibility index (Phi) is 5.29. The second kappa shape index (κ2) is 7.66. The van der Waals surface area contributed by atoms with Gasteiger partial charge in [-0.1, -0.05) is 11.6 Å². The molecule has 0 aliphatic rings. The summed E-state index contributed by atoms with van der Waals surface area (Å²) < 4.78 is 1.55. The quantitative estimate of drug-likeness (QED) is 0.685. The van der Waals surface area contributed by atoms with Crippen molar-refractivity contribution >= 4 is 34.7 Å². The Hall–Kier alpha value is -3.44. The van der Waals surface area contributed by atoms with Gasteiger partial charge in [0, 0.05) is 23.5 Å². The maximum atomic E-state index is 12.3. The van der Waals surface area contributed by atoms with Crippen LogP contribution in [0.3, 0.4) is 0 Å². The van der Waals surface area contributed by atoms with Gasteiger partial charge in [0.1, 0.15) is 11.6 Å². The average molecular weight is 397 g/mol. The van der Waals surface area contributed by atoms with Crippen molar-refractivity contribution in [2.24, 2.45) is 5.73 Å². The van der Waals surface area contributed by atoms with Crippen LogP contribution in [-0.2, 0) is 11.2 Å². The van der Waals surface area contributed by atoms with Gasteiger partial charge in [-0.2, -0.15) is 10.4 Å². The van der Waals surface area contributed by atoms with Gasteiger partial charge in [-0.25, -0.2) is 9.50 Å². The van der Waals surface area contributed by atoms with Crippen molar-refractivity contribution < 1.29 is 9.59 Å². The van der Waals surface area contributed by atoms with Crippen LogP contribution >= 0.6 is 11.6 Å². The molecule has 8 nitrogen and oxygen atoms in total. The van der Waals surface area contributed by atoms with Crippen molar-refractivity contribution in [3.63, 3.8) is 0 Å². The highest BCUT2D eigenvalue weighted by atomic mass is 35.5. The van der Waals surface area contributed by atoms with E-state index in [1.165, 1.54) is 12.3 Å². The highest BCUT2D eigenvalue weighted by molar-refractivity contribution is 6.31. The Morgan fingerprint density at radius 1 is 1.36 bits per heavy atom. The molecule has 2 aromatic heterocycles. The minimum absolute atomic E-state index is 0.205. The standard InChI is InChI=1S/C19H17ClN6O2/c1-10-14(11(2)26-19(24-10)15(9-23-26)18(22)28)4-6-17(27)25-13-3-5-16(20)12(7-13)8-21/h3,5,7,9H,4,6H2,1-2H3,(H2,22,28)(H,25,27). The number of hydrogen-bond donors (Lipinski definition) is 2. The van der Waals surface area contributed by atoms with E-state index < -0.39 is 5.91 Å². The molecule has 0 unspecified atom stereocenters. The van der Waals surface area contributed by atoms with Crippen LogP contribution in [0.4, 0.5) is 5.69 Å². The molecule has 0 aliphatic carbocycles. The maximum absolute atomic E-state index is 12.3. The summed E-state index contributed by atoms with van der Waals surface area (Å²) in [6.07, 6.45) is 2.04. The summed E-state index contributed by atoms with van der Waals surface area (Å²) in [6.45, 7) is 3.67. The molecular formula is C19H17ClN6O2. The Balaban J connectivity index is 1.77. The summed E-state index contributed by atoms with van der Waals surface area (Å²) in [5.41, 5.74) is 9.18. The van der Waals surface area contributed by atoms with E-state index in [1.807, 2.05) is 19.9 Å². The minimum atomic E-state index is -0.590. The van der Waals surface area contributed by atoms with Crippen molar-refractivity contribution in [2.75, 3.05) is 5.32 Å². The predicted octanol–water partition coefficient (Wildman–Crippen LogP) is 2.54. The first-order chi connectivity index (χ1) is 13.3. The lowest BCUT2D eigenvalue weighted by Gasteiger charge is -2.12. The molecule has 0 saturated carbocycles. The van der Waals surface area contributed by atoms with E-state index in [9.17, 15) is 9.59 Å². The number of aryl methyl sites for hydroxylation is 2. The number of carbonyl (C=O) groups excluding carboxylic acids is 2. The maximum Gasteiger partial charge on any atom is 0.254 e. The molecule has 2 amide bonds. The van der Waals surface area contributed by atoms with E-state index in [2.05, 4.69) is 15.4 Å². The second-order valence-electron chi connectivity index (χ2n) is 6.27. The third-order valence-electron chi connectivity index (χ3n) is 4.45. The van der Waals surface area contributed by atoms with Gasteiger partial charge in [-0.05, 0) is 44.0 Å². The molecule has 9 heteroatoms. The number of nitrogens with one attached hydrogen (secondary N) is 1. The Morgan fingerprint density at radius 3 is 2.79 bits per heavy atom. The van der Waals surface area contributed by atoms with E-state index in [0.29, 0.717) is 34.0 Å². The fraction of sp³-hybridized carbons (Fsp3) is 0.211. The SMILES string of the molecule is Cc1nc2c(C(N)=O)cnn2c(C)c1CCC(=O)Nc1ccc(Cl)c(C#N)c1. The zero-order valence-electron chi connectivity index (χ0n) is 15.3. The first-order valence-corrected chi connectivity index (χ1v) is 8.82. The molecule has 0 bridgehead atoms. The molecule has 3 aromatic rings. The van der Waals surface area contributed by atoms with Gasteiger partial charge < -0.3 is 11.1 Å². The summed E-state index contributed by atoms with van der Waals surface area (Å²) in [7, 11) is 0. The molecule has 0 fully saturated rings.